The molecule has 6 heteroatoms. The highest BCUT2D eigenvalue weighted by molar-refractivity contribution is 7.16. The lowest BCUT2D eigenvalue weighted by molar-refractivity contribution is 0.0475. The lowest BCUT2D eigenvalue weighted by Gasteiger charge is -2.04. The second-order valence-electron chi connectivity index (χ2n) is 4.54. The summed E-state index contributed by atoms with van der Waals surface area (Å²) in [5, 5.41) is 0. The number of Topliss-reactive ketones (excluding diaryl/α,β-unsaturated/α-hetero) is 1. The molecule has 0 saturated carbocycles. The first kappa shape index (κ1) is 14.3. The average molecular weight is 315 g/mol. The molecule has 0 saturated heterocycles. The number of rotatable bonds is 4. The Kier molecular flexibility index (Phi) is 3.93. The van der Waals surface area contributed by atoms with Crippen LogP contribution in [0.4, 0.5) is 4.39 Å². The third-order valence-electron chi connectivity index (χ3n) is 3.07. The first-order valence-corrected chi connectivity index (χ1v) is 7.30. The van der Waals surface area contributed by atoms with Gasteiger partial charge < -0.3 is 4.74 Å². The minimum absolute atomic E-state index is 0.298. The molecule has 1 aromatic heterocycles. The molecule has 1 heterocycles. The second-order valence-corrected chi connectivity index (χ2v) is 5.43. The summed E-state index contributed by atoms with van der Waals surface area (Å²) >= 11 is 1.42. The lowest BCUT2D eigenvalue weighted by Crippen LogP contribution is -2.14. The third kappa shape index (κ3) is 3.01. The minimum atomic E-state index is -0.578. The summed E-state index contributed by atoms with van der Waals surface area (Å²) in [6.07, 6.45) is 0. The van der Waals surface area contributed by atoms with Gasteiger partial charge in [-0.15, -0.1) is 11.3 Å². The number of ketones is 1. The maximum Gasteiger partial charge on any atom is 0.338 e. The summed E-state index contributed by atoms with van der Waals surface area (Å²) in [4.78, 5) is 27.9. The highest BCUT2D eigenvalue weighted by Crippen LogP contribution is 2.19. The summed E-state index contributed by atoms with van der Waals surface area (Å²) in [6, 6.07) is 10.1. The Labute approximate surface area is 129 Å². The largest absolute Gasteiger partial charge is 0.454 e. The molecule has 0 bridgehead atoms. The van der Waals surface area contributed by atoms with Crippen LogP contribution in [0, 0.1) is 5.82 Å². The van der Waals surface area contributed by atoms with Crippen LogP contribution in [0.15, 0.2) is 48.0 Å². The van der Waals surface area contributed by atoms with Crippen molar-refractivity contribution in [2.75, 3.05) is 6.61 Å². The molecule has 0 atom stereocenters. The number of ether oxygens (including phenoxy) is 1. The highest BCUT2D eigenvalue weighted by Gasteiger charge is 2.13. The number of hydrogen-bond donors (Lipinski definition) is 0. The van der Waals surface area contributed by atoms with Crippen LogP contribution in [0.2, 0.25) is 0 Å². The van der Waals surface area contributed by atoms with Gasteiger partial charge >= 0.3 is 5.97 Å². The minimum Gasteiger partial charge on any atom is -0.454 e. The Morgan fingerprint density at radius 1 is 1.09 bits per heavy atom. The summed E-state index contributed by atoms with van der Waals surface area (Å²) < 4.78 is 18.7. The van der Waals surface area contributed by atoms with Crippen LogP contribution in [0.3, 0.4) is 0 Å². The van der Waals surface area contributed by atoms with E-state index in [-0.39, 0.29) is 12.4 Å². The monoisotopic (exact) mass is 315 g/mol. The van der Waals surface area contributed by atoms with Gasteiger partial charge in [-0.2, -0.15) is 0 Å². The SMILES string of the molecule is O=C(COC(=O)c1ccc2ncsc2c1)c1ccc(F)cc1. The van der Waals surface area contributed by atoms with Gasteiger partial charge in [0.25, 0.3) is 0 Å². The number of fused-ring (bicyclic) bond motifs is 1. The summed E-state index contributed by atoms with van der Waals surface area (Å²) in [7, 11) is 0. The quantitative estimate of drug-likeness (QED) is 0.546. The number of benzene rings is 2. The van der Waals surface area contributed by atoms with Gasteiger partial charge in [-0.25, -0.2) is 14.2 Å². The van der Waals surface area contributed by atoms with Crippen molar-refractivity contribution in [3.63, 3.8) is 0 Å². The Hall–Kier alpha value is -2.60. The Bertz CT molecular complexity index is 842. The molecule has 0 fully saturated rings. The van der Waals surface area contributed by atoms with Crippen molar-refractivity contribution in [2.24, 2.45) is 0 Å². The summed E-state index contributed by atoms with van der Waals surface area (Å²) in [6.45, 7) is -0.384. The first-order chi connectivity index (χ1) is 10.6. The van der Waals surface area contributed by atoms with Crippen LogP contribution in [0.25, 0.3) is 10.2 Å². The molecule has 0 unspecified atom stereocenters. The predicted octanol–water partition coefficient (Wildman–Crippen LogP) is 3.48. The van der Waals surface area contributed by atoms with E-state index in [4.69, 9.17) is 4.74 Å². The van der Waals surface area contributed by atoms with Gasteiger partial charge in [-0.05, 0) is 42.5 Å². The van der Waals surface area contributed by atoms with Crippen molar-refractivity contribution in [1.29, 1.82) is 0 Å². The fraction of sp³-hybridized carbons (Fsp3) is 0.0625. The molecule has 0 aliphatic rings. The molecule has 0 aliphatic heterocycles. The number of hydrogen-bond acceptors (Lipinski definition) is 5. The average Bonchev–Trinajstić information content (AvgIpc) is 3.00. The second kappa shape index (κ2) is 6.03. The molecule has 0 aliphatic carbocycles. The van der Waals surface area contributed by atoms with Gasteiger partial charge in [0.2, 0.25) is 0 Å². The molecule has 4 nitrogen and oxygen atoms in total. The fourth-order valence-corrected chi connectivity index (χ4v) is 2.63. The Morgan fingerprint density at radius 3 is 2.59 bits per heavy atom. The van der Waals surface area contributed by atoms with E-state index in [0.29, 0.717) is 11.1 Å². The van der Waals surface area contributed by atoms with E-state index < -0.39 is 11.8 Å². The number of halogens is 1. The van der Waals surface area contributed by atoms with Gasteiger partial charge in [0.15, 0.2) is 12.4 Å². The van der Waals surface area contributed by atoms with Crippen LogP contribution >= 0.6 is 11.3 Å². The Balaban J connectivity index is 1.66. The standard InChI is InChI=1S/C16H10FNO3S/c17-12-4-1-10(2-5-12)14(19)8-21-16(20)11-3-6-13-15(7-11)22-9-18-13/h1-7,9H,8H2. The van der Waals surface area contributed by atoms with Gasteiger partial charge in [-0.3, -0.25) is 4.79 Å². The van der Waals surface area contributed by atoms with E-state index in [9.17, 15) is 14.0 Å². The van der Waals surface area contributed by atoms with E-state index in [1.54, 1.807) is 23.7 Å². The summed E-state index contributed by atoms with van der Waals surface area (Å²) in [5.41, 5.74) is 3.16. The number of carbonyl (C=O) groups excluding carboxylic acids is 2. The molecule has 22 heavy (non-hydrogen) atoms. The zero-order valence-electron chi connectivity index (χ0n) is 11.3. The molecular weight excluding hydrogens is 305 g/mol. The predicted molar refractivity (Wildman–Crippen MR) is 80.6 cm³/mol. The van der Waals surface area contributed by atoms with Crippen molar-refractivity contribution < 1.29 is 18.7 Å². The van der Waals surface area contributed by atoms with Crippen LogP contribution in [-0.4, -0.2) is 23.3 Å². The first-order valence-electron chi connectivity index (χ1n) is 6.42. The van der Waals surface area contributed by atoms with Crippen LogP contribution in [0.1, 0.15) is 20.7 Å². The van der Waals surface area contributed by atoms with Crippen LogP contribution in [-0.2, 0) is 4.74 Å². The Morgan fingerprint density at radius 2 is 1.82 bits per heavy atom. The van der Waals surface area contributed by atoms with E-state index in [1.807, 2.05) is 0 Å². The number of nitrogens with zero attached hydrogens (tertiary/aromatic N) is 1. The van der Waals surface area contributed by atoms with E-state index in [2.05, 4.69) is 4.98 Å². The smallest absolute Gasteiger partial charge is 0.338 e. The molecule has 0 spiro atoms. The van der Waals surface area contributed by atoms with Crippen LogP contribution < -0.4 is 0 Å². The number of thiazole rings is 1. The normalized spacial score (nSPS) is 10.6. The van der Waals surface area contributed by atoms with E-state index in [1.165, 1.54) is 35.6 Å². The van der Waals surface area contributed by atoms with Crippen molar-refractivity contribution >= 4 is 33.3 Å². The maximum absolute atomic E-state index is 12.8. The van der Waals surface area contributed by atoms with Crippen molar-refractivity contribution in [1.82, 2.24) is 4.98 Å². The lowest BCUT2D eigenvalue weighted by atomic mass is 10.1. The summed E-state index contributed by atoms with van der Waals surface area (Å²) in [5.74, 6) is -1.38. The van der Waals surface area contributed by atoms with Gasteiger partial charge in [0.05, 0.1) is 21.3 Å². The third-order valence-corrected chi connectivity index (χ3v) is 3.86. The molecular formula is C16H10FNO3S. The fourth-order valence-electron chi connectivity index (χ4n) is 1.92. The van der Waals surface area contributed by atoms with E-state index in [0.717, 1.165) is 10.2 Å². The van der Waals surface area contributed by atoms with Crippen molar-refractivity contribution in [3.05, 3.63) is 64.9 Å². The van der Waals surface area contributed by atoms with Gasteiger partial charge in [0.1, 0.15) is 5.82 Å². The van der Waals surface area contributed by atoms with E-state index >= 15 is 0 Å². The molecule has 110 valence electrons. The molecule has 0 amide bonds. The van der Waals surface area contributed by atoms with Crippen molar-refractivity contribution in [2.45, 2.75) is 0 Å². The zero-order chi connectivity index (χ0) is 15.5. The van der Waals surface area contributed by atoms with Crippen molar-refractivity contribution in [3.8, 4) is 0 Å². The number of carbonyl (C=O) groups is 2. The molecule has 3 rings (SSSR count). The van der Waals surface area contributed by atoms with Gasteiger partial charge in [-0.1, -0.05) is 0 Å². The number of aromatic nitrogens is 1. The zero-order valence-corrected chi connectivity index (χ0v) is 12.1. The highest BCUT2D eigenvalue weighted by atomic mass is 32.1. The van der Waals surface area contributed by atoms with Crippen LogP contribution in [0.5, 0.6) is 0 Å². The van der Waals surface area contributed by atoms with Gasteiger partial charge in [0, 0.05) is 5.56 Å². The maximum atomic E-state index is 12.8. The molecule has 2 aromatic carbocycles. The molecule has 0 radical (unpaired) electrons. The molecule has 3 aromatic rings. The molecule has 0 N–H and O–H groups in total. The topological polar surface area (TPSA) is 56.3 Å². The number of esters is 1.